The van der Waals surface area contributed by atoms with E-state index in [2.05, 4.69) is 51.0 Å². The van der Waals surface area contributed by atoms with Crippen molar-refractivity contribution >= 4 is 36.2 Å². The Kier molecular flexibility index (Phi) is 8.83. The molecule has 1 aliphatic carbocycles. The zero-order valence-electron chi connectivity index (χ0n) is 28.8. The lowest BCUT2D eigenvalue weighted by atomic mass is 9.90. The summed E-state index contributed by atoms with van der Waals surface area (Å²) in [5.41, 5.74) is 5.45. The molecule has 2 aliphatic heterocycles. The fraction of sp³-hybridized carbons (Fsp3) is 0.417. The second-order valence-corrected chi connectivity index (χ2v) is 14.4. The fourth-order valence-corrected chi connectivity index (χ4v) is 7.64. The van der Waals surface area contributed by atoms with E-state index in [9.17, 15) is 14.7 Å². The number of aliphatic hydroxyl groups excluding tert-OH is 1. The van der Waals surface area contributed by atoms with Gasteiger partial charge in [-0.05, 0) is 66.6 Å². The number of ether oxygens (including phenoxy) is 1. The molecule has 5 aromatic heterocycles. The molecular weight excluding hydrogens is 655 g/mol. The highest BCUT2D eigenvalue weighted by molar-refractivity contribution is 7.59. The van der Waals surface area contributed by atoms with Gasteiger partial charge in [0.2, 0.25) is 0 Å². The first-order chi connectivity index (χ1) is 23.6. The van der Waals surface area contributed by atoms with Gasteiger partial charge in [0.25, 0.3) is 11.1 Å². The number of nitrogens with one attached hydrogen (secondary N) is 1. The summed E-state index contributed by atoms with van der Waals surface area (Å²) >= 11 is 0. The van der Waals surface area contributed by atoms with E-state index < -0.39 is 0 Å². The fourth-order valence-electron chi connectivity index (χ4n) is 7.64. The van der Waals surface area contributed by atoms with Gasteiger partial charge in [-0.3, -0.25) is 14.5 Å². The molecule has 0 aromatic carbocycles. The second-order valence-electron chi connectivity index (χ2n) is 14.4. The van der Waals surface area contributed by atoms with E-state index in [1.165, 1.54) is 15.5 Å². The average Bonchev–Trinajstić information content (AvgIpc) is 3.55. The second kappa shape index (κ2) is 13.0. The van der Waals surface area contributed by atoms with Crippen molar-refractivity contribution in [3.63, 3.8) is 0 Å². The van der Waals surface area contributed by atoms with E-state index in [0.29, 0.717) is 51.6 Å². The van der Waals surface area contributed by atoms with Gasteiger partial charge in [0, 0.05) is 61.9 Å². The van der Waals surface area contributed by atoms with Gasteiger partial charge in [0.15, 0.2) is 0 Å². The number of rotatable bonds is 7. The van der Waals surface area contributed by atoms with Gasteiger partial charge in [0.1, 0.15) is 29.2 Å². The van der Waals surface area contributed by atoms with Crippen molar-refractivity contribution in [1.29, 1.82) is 0 Å². The van der Waals surface area contributed by atoms with E-state index in [0.717, 1.165) is 62.6 Å². The highest BCUT2D eigenvalue weighted by Crippen LogP contribution is 2.37. The van der Waals surface area contributed by atoms with Crippen molar-refractivity contribution < 1.29 is 9.84 Å². The lowest BCUT2D eigenvalue weighted by Crippen LogP contribution is -2.59. The molecule has 8 rings (SSSR count). The highest BCUT2D eigenvalue weighted by Gasteiger charge is 2.33. The number of anilines is 3. The van der Waals surface area contributed by atoms with Gasteiger partial charge in [-0.15, -0.1) is 0 Å². The largest absolute Gasteiger partial charge is 0.392 e. The van der Waals surface area contributed by atoms with Gasteiger partial charge in [-0.1, -0.05) is 13.8 Å². The Morgan fingerprint density at radius 2 is 1.88 bits per heavy atom. The Balaban J connectivity index is 0.00000392. The first-order valence-electron chi connectivity index (χ1n) is 16.8. The van der Waals surface area contributed by atoms with Crippen LogP contribution in [0.15, 0.2) is 64.8 Å². The van der Waals surface area contributed by atoms with Crippen LogP contribution in [0.25, 0.3) is 22.5 Å². The monoisotopic (exact) mass is 697 g/mol. The number of hydrogen-bond donors (Lipinski definition) is 2. The summed E-state index contributed by atoms with van der Waals surface area (Å²) in [6.45, 7) is 10.8. The lowest BCUT2D eigenvalue weighted by Gasteiger charge is -2.46. The maximum Gasteiger partial charge on any atom is 0.283 e. The van der Waals surface area contributed by atoms with Gasteiger partial charge < -0.3 is 24.6 Å². The number of aryl methyl sites for hydroxylation is 1. The summed E-state index contributed by atoms with van der Waals surface area (Å²) in [4.78, 5) is 41.1. The van der Waals surface area contributed by atoms with Crippen LogP contribution in [0, 0.1) is 5.41 Å². The lowest BCUT2D eigenvalue weighted by molar-refractivity contribution is -0.0691. The molecule has 0 saturated carbocycles. The molecule has 0 spiro atoms. The van der Waals surface area contributed by atoms with Gasteiger partial charge in [0.05, 0.1) is 37.7 Å². The van der Waals surface area contributed by atoms with Crippen LogP contribution in [-0.4, -0.2) is 83.7 Å². The standard InChI is InChI=1S/C36H41N9O4.H2S/c1-22-16-42(26-19-49-20-26)9-10-43(22)25-5-6-32(38-15-25)40-29-11-24(17-41(4)34(29)47)27-7-8-37-33(28(27)18-46)44-21-39-45-30(35(44)48)12-23-13-36(2,3)14-31(23)45;/h5-8,11-12,15,17,21-22,26,46H,9-10,13-14,16,18-20H2,1-4H3,(H,38,40);1H2/t22-;/m0./s1. The SMILES string of the molecule is C[C@H]1CN(C2COC2)CCN1c1ccc(Nc2cc(-c3ccnc(-n4cnn5c6c(cc5c4=O)CC(C)(C)C6)c3CO)cn(C)c2=O)nc1.S. The Hall–Kier alpha value is -4.50. The molecular formula is C36H43N9O4S. The van der Waals surface area contributed by atoms with Crippen LogP contribution in [0.3, 0.4) is 0 Å². The van der Waals surface area contributed by atoms with Crippen LogP contribution in [0.2, 0.25) is 0 Å². The van der Waals surface area contributed by atoms with Crippen LogP contribution in [0.5, 0.6) is 0 Å². The molecule has 3 aliphatic rings. The number of hydrogen-bond acceptors (Lipinski definition) is 10. The zero-order valence-corrected chi connectivity index (χ0v) is 29.8. The number of piperazine rings is 1. The van der Waals surface area contributed by atoms with Crippen LogP contribution >= 0.6 is 13.5 Å². The molecule has 0 bridgehead atoms. The first kappa shape index (κ1) is 34.0. The summed E-state index contributed by atoms with van der Waals surface area (Å²) in [6, 6.07) is 10.2. The third-order valence-electron chi connectivity index (χ3n) is 10.3. The van der Waals surface area contributed by atoms with Crippen LogP contribution in [0.4, 0.5) is 17.2 Å². The minimum absolute atomic E-state index is 0. The van der Waals surface area contributed by atoms with Gasteiger partial charge in [-0.25, -0.2) is 19.1 Å². The van der Waals surface area contributed by atoms with Crippen molar-refractivity contribution in [1.82, 2.24) is 33.6 Å². The third kappa shape index (κ3) is 5.89. The quantitative estimate of drug-likeness (QED) is 0.262. The summed E-state index contributed by atoms with van der Waals surface area (Å²) in [6.07, 6.45) is 8.36. The molecule has 0 radical (unpaired) electrons. The minimum Gasteiger partial charge on any atom is -0.392 e. The molecule has 14 heteroatoms. The Morgan fingerprint density at radius 3 is 2.58 bits per heavy atom. The number of aliphatic hydroxyl groups is 1. The van der Waals surface area contributed by atoms with Crippen LogP contribution in [0.1, 0.15) is 37.6 Å². The molecule has 0 unspecified atom stereocenters. The van der Waals surface area contributed by atoms with Crippen molar-refractivity contribution in [2.75, 3.05) is 43.1 Å². The van der Waals surface area contributed by atoms with E-state index in [-0.39, 0.29) is 36.6 Å². The van der Waals surface area contributed by atoms with E-state index >= 15 is 0 Å². The van der Waals surface area contributed by atoms with Crippen molar-refractivity contribution in [2.24, 2.45) is 12.5 Å². The predicted molar refractivity (Wildman–Crippen MR) is 197 cm³/mol. The Morgan fingerprint density at radius 1 is 1.06 bits per heavy atom. The van der Waals surface area contributed by atoms with Crippen LogP contribution < -0.4 is 21.3 Å². The molecule has 5 aromatic rings. The molecule has 50 heavy (non-hydrogen) atoms. The maximum atomic E-state index is 13.8. The number of nitrogens with zero attached hydrogens (tertiary/aromatic N) is 8. The molecule has 262 valence electrons. The van der Waals surface area contributed by atoms with Gasteiger partial charge >= 0.3 is 0 Å². The van der Waals surface area contributed by atoms with E-state index in [1.807, 2.05) is 24.4 Å². The van der Waals surface area contributed by atoms with E-state index in [4.69, 9.17) is 4.74 Å². The first-order valence-corrected chi connectivity index (χ1v) is 16.8. The number of aromatic nitrogens is 6. The molecule has 7 heterocycles. The molecule has 2 fully saturated rings. The molecule has 2 N–H and O–H groups in total. The minimum atomic E-state index is -0.377. The smallest absolute Gasteiger partial charge is 0.283 e. The predicted octanol–water partition coefficient (Wildman–Crippen LogP) is 3.02. The topological polar surface area (TPSA) is 135 Å². The number of fused-ring (bicyclic) bond motifs is 3. The summed E-state index contributed by atoms with van der Waals surface area (Å²) in [5, 5.41) is 18.5. The normalized spacial score (nSPS) is 18.9. The van der Waals surface area contributed by atoms with Crippen molar-refractivity contribution in [2.45, 2.75) is 52.3 Å². The third-order valence-corrected chi connectivity index (χ3v) is 10.3. The van der Waals surface area contributed by atoms with Gasteiger partial charge in [-0.2, -0.15) is 18.6 Å². The maximum absolute atomic E-state index is 13.8. The summed E-state index contributed by atoms with van der Waals surface area (Å²) < 4.78 is 10.0. The molecule has 13 nitrogen and oxygen atoms in total. The Bertz CT molecular complexity index is 2190. The van der Waals surface area contributed by atoms with Crippen molar-refractivity contribution in [3.05, 3.63) is 92.8 Å². The zero-order chi connectivity index (χ0) is 34.0. The molecule has 0 amide bonds. The van der Waals surface area contributed by atoms with E-state index in [1.54, 1.807) is 36.1 Å². The Labute approximate surface area is 296 Å². The average molecular weight is 698 g/mol. The van der Waals surface area contributed by atoms with Crippen LogP contribution in [-0.2, 0) is 31.2 Å². The number of pyridine rings is 3. The summed E-state index contributed by atoms with van der Waals surface area (Å²) in [7, 11) is 1.68. The summed E-state index contributed by atoms with van der Waals surface area (Å²) in [5.74, 6) is 0.834. The molecule has 2 saturated heterocycles. The van der Waals surface area contributed by atoms with Crippen molar-refractivity contribution in [3.8, 4) is 16.9 Å². The highest BCUT2D eigenvalue weighted by atomic mass is 32.1. The molecule has 1 atom stereocenters.